The van der Waals surface area contributed by atoms with Crippen LogP contribution in [-0.4, -0.2) is 19.0 Å². The first-order valence-corrected chi connectivity index (χ1v) is 8.37. The van der Waals surface area contributed by atoms with Crippen LogP contribution in [0.1, 0.15) is 44.6 Å². The Balaban J connectivity index is 0.00000192. The van der Waals surface area contributed by atoms with E-state index >= 15 is 0 Å². The van der Waals surface area contributed by atoms with E-state index in [1.165, 1.54) is 18.9 Å². The lowest BCUT2D eigenvalue weighted by atomic mass is 9.85. The molecule has 0 aromatic heterocycles. The van der Waals surface area contributed by atoms with Crippen molar-refractivity contribution >= 4 is 18.3 Å². The first-order valence-electron chi connectivity index (χ1n) is 8.37. The van der Waals surface area contributed by atoms with Crippen molar-refractivity contribution in [2.45, 2.75) is 44.6 Å². The Morgan fingerprint density at radius 2 is 2.17 bits per heavy atom. The number of carbonyl (C=O) groups excluding carboxylic acids is 1. The Morgan fingerprint density at radius 3 is 2.78 bits per heavy atom. The van der Waals surface area contributed by atoms with E-state index in [4.69, 9.17) is 0 Å². The van der Waals surface area contributed by atoms with Crippen LogP contribution in [0.25, 0.3) is 0 Å². The Morgan fingerprint density at radius 1 is 1.43 bits per heavy atom. The second-order valence-corrected chi connectivity index (χ2v) is 6.90. The summed E-state index contributed by atoms with van der Waals surface area (Å²) >= 11 is 0. The van der Waals surface area contributed by atoms with Gasteiger partial charge in [-0.25, -0.2) is 4.39 Å². The molecule has 0 bridgehead atoms. The number of hydrogen-bond acceptors (Lipinski definition) is 2. The van der Waals surface area contributed by atoms with Gasteiger partial charge < -0.3 is 10.6 Å². The Kier molecular flexibility index (Phi) is 6.04. The molecule has 3 nitrogen and oxygen atoms in total. The fourth-order valence-electron chi connectivity index (χ4n) is 3.58. The SMILES string of the molecule is CC(CC(=O)NC1(c2ccccc2F)CC1)C1CCCNC1.Cl. The monoisotopic (exact) mass is 340 g/mol. The molecule has 5 heteroatoms. The highest BCUT2D eigenvalue weighted by Gasteiger charge is 2.47. The minimum atomic E-state index is -0.451. The molecule has 1 aromatic carbocycles. The topological polar surface area (TPSA) is 41.1 Å². The largest absolute Gasteiger partial charge is 0.346 e. The minimum absolute atomic E-state index is 0. The fraction of sp³-hybridized carbons (Fsp3) is 0.611. The summed E-state index contributed by atoms with van der Waals surface area (Å²) in [7, 11) is 0. The number of piperidine rings is 1. The van der Waals surface area contributed by atoms with Crippen molar-refractivity contribution in [3.8, 4) is 0 Å². The van der Waals surface area contributed by atoms with Gasteiger partial charge in [-0.2, -0.15) is 0 Å². The summed E-state index contributed by atoms with van der Waals surface area (Å²) < 4.78 is 14.0. The van der Waals surface area contributed by atoms with E-state index in [9.17, 15) is 9.18 Å². The molecular weight excluding hydrogens is 315 g/mol. The summed E-state index contributed by atoms with van der Waals surface area (Å²) in [6.07, 6.45) is 4.58. The molecule has 0 radical (unpaired) electrons. The highest BCUT2D eigenvalue weighted by molar-refractivity contribution is 5.85. The number of amides is 1. The number of hydrogen-bond donors (Lipinski definition) is 2. The molecule has 1 aliphatic carbocycles. The van der Waals surface area contributed by atoms with Crippen molar-refractivity contribution in [3.05, 3.63) is 35.6 Å². The van der Waals surface area contributed by atoms with Gasteiger partial charge in [0.15, 0.2) is 0 Å². The van der Waals surface area contributed by atoms with Crippen LogP contribution in [0.3, 0.4) is 0 Å². The first kappa shape index (κ1) is 18.2. The second-order valence-electron chi connectivity index (χ2n) is 6.90. The Hall–Kier alpha value is -1.13. The predicted octanol–water partition coefficient (Wildman–Crippen LogP) is 3.38. The van der Waals surface area contributed by atoms with Crippen LogP contribution in [0.2, 0.25) is 0 Å². The van der Waals surface area contributed by atoms with Gasteiger partial charge in [-0.1, -0.05) is 25.1 Å². The molecule has 2 unspecified atom stereocenters. The van der Waals surface area contributed by atoms with Crippen molar-refractivity contribution in [2.75, 3.05) is 13.1 Å². The molecule has 1 heterocycles. The molecule has 2 atom stereocenters. The van der Waals surface area contributed by atoms with Gasteiger partial charge in [-0.05, 0) is 56.7 Å². The molecule has 1 aliphatic heterocycles. The summed E-state index contributed by atoms with van der Waals surface area (Å²) in [4.78, 5) is 12.4. The van der Waals surface area contributed by atoms with Crippen LogP contribution >= 0.6 is 12.4 Å². The zero-order valence-corrected chi connectivity index (χ0v) is 14.4. The maximum atomic E-state index is 14.0. The Labute approximate surface area is 143 Å². The lowest BCUT2D eigenvalue weighted by Crippen LogP contribution is -2.39. The molecule has 2 N–H and O–H groups in total. The van der Waals surface area contributed by atoms with Crippen LogP contribution < -0.4 is 10.6 Å². The van der Waals surface area contributed by atoms with E-state index in [0.29, 0.717) is 23.8 Å². The quantitative estimate of drug-likeness (QED) is 0.862. The van der Waals surface area contributed by atoms with E-state index in [2.05, 4.69) is 17.6 Å². The van der Waals surface area contributed by atoms with Crippen LogP contribution in [0.4, 0.5) is 4.39 Å². The van der Waals surface area contributed by atoms with Crippen molar-refractivity contribution in [1.29, 1.82) is 0 Å². The van der Waals surface area contributed by atoms with Crippen LogP contribution in [-0.2, 0) is 10.3 Å². The lowest BCUT2D eigenvalue weighted by Gasteiger charge is -2.28. The van der Waals surface area contributed by atoms with Crippen molar-refractivity contribution in [1.82, 2.24) is 10.6 Å². The van der Waals surface area contributed by atoms with E-state index in [-0.39, 0.29) is 24.1 Å². The maximum Gasteiger partial charge on any atom is 0.220 e. The zero-order valence-electron chi connectivity index (χ0n) is 13.6. The summed E-state index contributed by atoms with van der Waals surface area (Å²) in [6, 6.07) is 6.78. The van der Waals surface area contributed by atoms with Crippen molar-refractivity contribution in [3.63, 3.8) is 0 Å². The first-order chi connectivity index (χ1) is 10.6. The number of halogens is 2. The molecule has 1 aromatic rings. The van der Waals surface area contributed by atoms with Gasteiger partial charge in [0.1, 0.15) is 5.82 Å². The van der Waals surface area contributed by atoms with Crippen LogP contribution in [0.5, 0.6) is 0 Å². The predicted molar refractivity (Wildman–Crippen MR) is 92.1 cm³/mol. The van der Waals surface area contributed by atoms with Crippen LogP contribution in [0.15, 0.2) is 24.3 Å². The average molecular weight is 341 g/mol. The van der Waals surface area contributed by atoms with Gasteiger partial charge in [0.25, 0.3) is 0 Å². The van der Waals surface area contributed by atoms with Gasteiger partial charge in [0, 0.05) is 12.0 Å². The van der Waals surface area contributed by atoms with E-state index in [0.717, 1.165) is 25.9 Å². The molecule has 1 amide bonds. The summed E-state index contributed by atoms with van der Waals surface area (Å²) in [6.45, 7) is 4.25. The standard InChI is InChI=1S/C18H25FN2O.ClH/c1-13(14-5-4-10-20-12-14)11-17(22)21-18(8-9-18)15-6-2-3-7-16(15)19;/h2-3,6-7,13-14,20H,4-5,8-12H2,1H3,(H,21,22);1H. The molecule has 23 heavy (non-hydrogen) atoms. The summed E-state index contributed by atoms with van der Waals surface area (Å²) in [5.41, 5.74) is 0.183. The van der Waals surface area contributed by atoms with Gasteiger partial charge >= 0.3 is 0 Å². The fourth-order valence-corrected chi connectivity index (χ4v) is 3.58. The van der Waals surface area contributed by atoms with Gasteiger partial charge in [0.2, 0.25) is 5.91 Å². The molecule has 2 aliphatic rings. The molecule has 3 rings (SSSR count). The average Bonchev–Trinajstić information content (AvgIpc) is 3.28. The molecule has 128 valence electrons. The van der Waals surface area contributed by atoms with E-state index in [1.807, 2.05) is 6.07 Å². The molecule has 0 spiro atoms. The molecule has 2 fully saturated rings. The summed E-state index contributed by atoms with van der Waals surface area (Å²) in [5.74, 6) is 0.774. The van der Waals surface area contributed by atoms with E-state index < -0.39 is 5.54 Å². The lowest BCUT2D eigenvalue weighted by molar-refractivity contribution is -0.123. The highest BCUT2D eigenvalue weighted by atomic mass is 35.5. The number of rotatable bonds is 5. The van der Waals surface area contributed by atoms with Gasteiger partial charge in [0.05, 0.1) is 5.54 Å². The third-order valence-electron chi connectivity index (χ3n) is 5.17. The maximum absolute atomic E-state index is 14.0. The zero-order chi connectivity index (χ0) is 15.6. The van der Waals surface area contributed by atoms with Crippen LogP contribution in [0, 0.1) is 17.7 Å². The molecule has 1 saturated heterocycles. The summed E-state index contributed by atoms with van der Waals surface area (Å²) in [5, 5.41) is 6.50. The smallest absolute Gasteiger partial charge is 0.220 e. The third kappa shape index (κ3) is 4.24. The number of carbonyl (C=O) groups is 1. The van der Waals surface area contributed by atoms with Gasteiger partial charge in [-0.15, -0.1) is 12.4 Å². The van der Waals surface area contributed by atoms with E-state index in [1.54, 1.807) is 12.1 Å². The normalized spacial score (nSPS) is 23.5. The third-order valence-corrected chi connectivity index (χ3v) is 5.17. The second kappa shape index (κ2) is 7.63. The minimum Gasteiger partial charge on any atom is -0.346 e. The molecular formula is C18H26ClFN2O. The number of nitrogens with one attached hydrogen (secondary N) is 2. The molecule has 1 saturated carbocycles. The number of benzene rings is 1. The van der Waals surface area contributed by atoms with Crippen molar-refractivity contribution in [2.24, 2.45) is 11.8 Å². The van der Waals surface area contributed by atoms with Gasteiger partial charge in [-0.3, -0.25) is 4.79 Å². The highest BCUT2D eigenvalue weighted by Crippen LogP contribution is 2.46. The Bertz CT molecular complexity index is 542. The van der Waals surface area contributed by atoms with Crippen molar-refractivity contribution < 1.29 is 9.18 Å².